The van der Waals surface area contributed by atoms with Gasteiger partial charge in [-0.2, -0.15) is 0 Å². The third kappa shape index (κ3) is 3.68. The van der Waals surface area contributed by atoms with Crippen LogP contribution in [0.1, 0.15) is 6.23 Å². The fourth-order valence-electron chi connectivity index (χ4n) is 4.01. The van der Waals surface area contributed by atoms with E-state index < -0.39 is 69.5 Å². The van der Waals surface area contributed by atoms with Crippen molar-refractivity contribution in [2.45, 2.75) is 48.5 Å². The number of phosphoric ester groups is 1. The first-order valence-corrected chi connectivity index (χ1v) is 10.8. The van der Waals surface area contributed by atoms with Crippen molar-refractivity contribution < 1.29 is 53.9 Å². The number of rotatable bonds is 6. The molecule has 178 valence electrons. The molecule has 2 aliphatic rings. The number of aromatic nitrogens is 4. The van der Waals surface area contributed by atoms with Gasteiger partial charge in [0.1, 0.15) is 48.5 Å². The predicted octanol–water partition coefficient (Wildman–Crippen LogP) is -4.01. The van der Waals surface area contributed by atoms with Gasteiger partial charge in [0, 0.05) is 0 Å². The largest absolute Gasteiger partial charge is 0.469 e. The first-order valence-electron chi connectivity index (χ1n) is 9.30. The topological polar surface area (TPSA) is 256 Å². The second kappa shape index (κ2) is 8.19. The molecule has 2 aliphatic heterocycles. The highest BCUT2D eigenvalue weighted by Crippen LogP contribution is 2.47. The molecule has 17 heteroatoms. The highest BCUT2D eigenvalue weighted by Gasteiger charge is 2.66. The molecular weight excluding hydrogens is 457 g/mol. The molecule has 0 radical (unpaired) electrons. The molecule has 0 bridgehead atoms. The van der Waals surface area contributed by atoms with Crippen LogP contribution in [-0.2, 0) is 18.6 Å². The van der Waals surface area contributed by atoms with Crippen molar-refractivity contribution in [1.82, 2.24) is 19.5 Å². The number of nitrogens with two attached hydrogens (primary N) is 1. The summed E-state index contributed by atoms with van der Waals surface area (Å²) in [4.78, 5) is 29.8. The van der Waals surface area contributed by atoms with Gasteiger partial charge in [-0.05, 0) is 0 Å². The maximum atomic E-state index is 11.6. The van der Waals surface area contributed by atoms with Gasteiger partial charge in [0.2, 0.25) is 0 Å². The lowest BCUT2D eigenvalue weighted by Crippen LogP contribution is -2.59. The molecule has 0 spiro atoms. The standard InChI is InChI=1S/C15H22N5O11P/c16-12-7-13(18-3-17-12)20(4-19-7)14-15(25,11-9(23)8(22)5(1-21)30-11)10(24)6(31-14)2-29-32(26,27)28/h3-6,8-11,14,21-25H,1-2H2,(H2,16,17,18)(H2,26,27,28)/t5-,6-,8-,9-,10-,11?,14-,15+/m1/s1. The van der Waals surface area contributed by atoms with Gasteiger partial charge in [-0.3, -0.25) is 9.09 Å². The first-order chi connectivity index (χ1) is 15.0. The molecule has 8 atom stereocenters. The summed E-state index contributed by atoms with van der Waals surface area (Å²) in [6.07, 6.45) is -9.16. The molecule has 1 unspecified atom stereocenters. The number of anilines is 1. The Kier molecular flexibility index (Phi) is 5.98. The molecule has 16 nitrogen and oxygen atoms in total. The molecule has 2 fully saturated rings. The molecule has 4 heterocycles. The van der Waals surface area contributed by atoms with E-state index in [1.807, 2.05) is 0 Å². The van der Waals surface area contributed by atoms with Crippen LogP contribution in [0.15, 0.2) is 12.7 Å². The van der Waals surface area contributed by atoms with Crippen LogP contribution < -0.4 is 5.73 Å². The molecule has 2 saturated heterocycles. The molecule has 0 aliphatic carbocycles. The maximum absolute atomic E-state index is 11.6. The Morgan fingerprint density at radius 1 is 1.16 bits per heavy atom. The van der Waals surface area contributed by atoms with E-state index in [9.17, 15) is 30.1 Å². The van der Waals surface area contributed by atoms with Crippen molar-refractivity contribution in [1.29, 1.82) is 0 Å². The van der Waals surface area contributed by atoms with E-state index in [1.54, 1.807) is 0 Å². The van der Waals surface area contributed by atoms with Gasteiger partial charge in [0.15, 0.2) is 23.3 Å². The number of nitrogen functional groups attached to an aromatic ring is 1. The molecular formula is C15H22N5O11P. The van der Waals surface area contributed by atoms with E-state index in [2.05, 4.69) is 19.5 Å². The van der Waals surface area contributed by atoms with Gasteiger partial charge in [-0.15, -0.1) is 0 Å². The highest BCUT2D eigenvalue weighted by molar-refractivity contribution is 7.46. The normalized spacial score (nSPS) is 38.0. The third-order valence-corrected chi connectivity index (χ3v) is 6.06. The molecule has 2 aromatic rings. The summed E-state index contributed by atoms with van der Waals surface area (Å²) in [7, 11) is -4.96. The van der Waals surface area contributed by atoms with Gasteiger partial charge in [0.25, 0.3) is 0 Å². The van der Waals surface area contributed by atoms with Crippen molar-refractivity contribution in [2.24, 2.45) is 0 Å². The lowest BCUT2D eigenvalue weighted by Gasteiger charge is -2.37. The van der Waals surface area contributed by atoms with Crippen molar-refractivity contribution in [3.8, 4) is 0 Å². The zero-order valence-corrected chi connectivity index (χ0v) is 17.1. The number of ether oxygens (including phenoxy) is 2. The van der Waals surface area contributed by atoms with Gasteiger partial charge >= 0.3 is 7.82 Å². The van der Waals surface area contributed by atoms with E-state index >= 15 is 0 Å². The van der Waals surface area contributed by atoms with E-state index in [-0.39, 0.29) is 17.0 Å². The molecule has 9 N–H and O–H groups in total. The molecule has 2 aromatic heterocycles. The minimum Gasteiger partial charge on any atom is -0.394 e. The Labute approximate surface area is 179 Å². The van der Waals surface area contributed by atoms with Crippen molar-refractivity contribution in [3.05, 3.63) is 12.7 Å². The molecule has 0 saturated carbocycles. The number of imidazole rings is 1. The average molecular weight is 479 g/mol. The second-order valence-corrected chi connectivity index (χ2v) is 8.73. The van der Waals surface area contributed by atoms with Crippen LogP contribution in [0.2, 0.25) is 0 Å². The highest BCUT2D eigenvalue weighted by atomic mass is 31.2. The zero-order chi connectivity index (χ0) is 23.4. The molecule has 32 heavy (non-hydrogen) atoms. The SMILES string of the molecule is Nc1ncnc2c1ncn2[C@@H]1O[C@H](COP(=O)(O)O)[C@@H](O)[C@]1(O)C1O[C@H](CO)[C@@H](O)[C@H]1O. The number of aliphatic hydroxyl groups excluding tert-OH is 4. The van der Waals surface area contributed by atoms with Gasteiger partial charge < -0.3 is 50.5 Å². The quantitative estimate of drug-likeness (QED) is 0.184. The Bertz CT molecular complexity index is 1030. The Hall–Kier alpha value is -1.82. The van der Waals surface area contributed by atoms with Crippen LogP contribution >= 0.6 is 7.82 Å². The van der Waals surface area contributed by atoms with E-state index in [1.165, 1.54) is 0 Å². The Morgan fingerprint density at radius 3 is 2.50 bits per heavy atom. The smallest absolute Gasteiger partial charge is 0.394 e. The summed E-state index contributed by atoms with van der Waals surface area (Å²) in [6.45, 7) is -1.54. The minimum atomic E-state index is -4.96. The van der Waals surface area contributed by atoms with Gasteiger partial charge in [-0.1, -0.05) is 0 Å². The van der Waals surface area contributed by atoms with Crippen LogP contribution in [0.5, 0.6) is 0 Å². The van der Waals surface area contributed by atoms with E-state index in [0.717, 1.165) is 17.2 Å². The summed E-state index contributed by atoms with van der Waals surface area (Å²) in [5, 5.41) is 52.5. The van der Waals surface area contributed by atoms with Crippen LogP contribution in [0.25, 0.3) is 11.2 Å². The predicted molar refractivity (Wildman–Crippen MR) is 100 cm³/mol. The summed E-state index contributed by atoms with van der Waals surface area (Å²) in [5.41, 5.74) is 3.44. The average Bonchev–Trinajstić information content (AvgIpc) is 3.36. The fraction of sp³-hybridized carbons (Fsp3) is 0.667. The fourth-order valence-corrected chi connectivity index (χ4v) is 4.36. The molecule has 4 rings (SSSR count). The van der Waals surface area contributed by atoms with Gasteiger partial charge in [-0.25, -0.2) is 19.5 Å². The number of aliphatic hydroxyl groups is 5. The third-order valence-electron chi connectivity index (χ3n) is 5.57. The maximum Gasteiger partial charge on any atom is 0.469 e. The second-order valence-electron chi connectivity index (χ2n) is 7.49. The van der Waals surface area contributed by atoms with Gasteiger partial charge in [0.05, 0.1) is 19.5 Å². The van der Waals surface area contributed by atoms with E-state index in [4.69, 9.17) is 25.0 Å². The summed E-state index contributed by atoms with van der Waals surface area (Å²) in [6, 6.07) is 0. The Balaban J connectivity index is 1.78. The zero-order valence-electron chi connectivity index (χ0n) is 16.2. The Morgan fingerprint density at radius 2 is 1.88 bits per heavy atom. The van der Waals surface area contributed by atoms with Crippen LogP contribution in [-0.4, -0.2) is 110 Å². The monoisotopic (exact) mass is 479 g/mol. The summed E-state index contributed by atoms with van der Waals surface area (Å²) in [5.74, 6) is 0.00476. The number of phosphoric acid groups is 1. The lowest BCUT2D eigenvalue weighted by atomic mass is 9.84. The number of fused-ring (bicyclic) bond motifs is 1. The number of hydrogen-bond acceptors (Lipinski definition) is 13. The van der Waals surface area contributed by atoms with Crippen LogP contribution in [0.4, 0.5) is 5.82 Å². The molecule has 0 amide bonds. The van der Waals surface area contributed by atoms with Crippen molar-refractivity contribution >= 4 is 24.8 Å². The summed E-state index contributed by atoms with van der Waals surface area (Å²) < 4.78 is 27.8. The van der Waals surface area contributed by atoms with E-state index in [0.29, 0.717) is 0 Å². The lowest BCUT2D eigenvalue weighted by molar-refractivity contribution is -0.200. The first kappa shape index (κ1) is 23.3. The number of hydrogen-bond donors (Lipinski definition) is 8. The van der Waals surface area contributed by atoms with Crippen molar-refractivity contribution in [3.63, 3.8) is 0 Å². The van der Waals surface area contributed by atoms with Crippen LogP contribution in [0.3, 0.4) is 0 Å². The minimum absolute atomic E-state index is 0.00476. The van der Waals surface area contributed by atoms with Crippen LogP contribution in [0, 0.1) is 0 Å². The van der Waals surface area contributed by atoms with Crippen molar-refractivity contribution in [2.75, 3.05) is 18.9 Å². The number of nitrogens with zero attached hydrogens (tertiary/aromatic N) is 4. The summed E-state index contributed by atoms with van der Waals surface area (Å²) >= 11 is 0. The molecule has 0 aromatic carbocycles.